The molecule has 1 fully saturated rings. The molecule has 1 saturated heterocycles. The van der Waals surface area contributed by atoms with Crippen molar-refractivity contribution in [2.75, 3.05) is 13.1 Å². The van der Waals surface area contributed by atoms with Crippen LogP contribution in [0.5, 0.6) is 0 Å². The summed E-state index contributed by atoms with van der Waals surface area (Å²) >= 11 is 0. The van der Waals surface area contributed by atoms with E-state index in [-0.39, 0.29) is 30.5 Å². The summed E-state index contributed by atoms with van der Waals surface area (Å²) in [5.41, 5.74) is 15.0. The second-order valence-electron chi connectivity index (χ2n) is 12.0. The number of amides is 3. The number of carbonyl (C=O) groups is 3. The average molecular weight is 583 g/mol. The molecule has 2 aromatic carbocycles. The number of hydrogen-bond donors (Lipinski definition) is 4. The molecule has 2 heterocycles. The Morgan fingerprint density at radius 1 is 1.05 bits per heavy atom. The summed E-state index contributed by atoms with van der Waals surface area (Å²) in [5.74, 6) is 0.322. The molecule has 5 rings (SSSR count). The van der Waals surface area contributed by atoms with E-state index in [4.69, 9.17) is 16.6 Å². The number of aryl methyl sites for hydroxylation is 2. The molecule has 1 aliphatic carbocycles. The molecule has 224 valence electrons. The van der Waals surface area contributed by atoms with Crippen LogP contribution in [0.1, 0.15) is 101 Å². The number of hydrogen-bond acceptors (Lipinski definition) is 7. The summed E-state index contributed by atoms with van der Waals surface area (Å²) < 4.78 is 0. The smallest absolute Gasteiger partial charge is 0.248 e. The van der Waals surface area contributed by atoms with Gasteiger partial charge in [0.1, 0.15) is 17.7 Å². The number of nitriles is 1. The molecule has 0 bridgehead atoms. The minimum Gasteiger partial charge on any atom is -0.366 e. The highest BCUT2D eigenvalue weighted by atomic mass is 16.2. The predicted molar refractivity (Wildman–Crippen MR) is 160 cm³/mol. The molecule has 0 radical (unpaired) electrons. The second-order valence-corrected chi connectivity index (χ2v) is 12.0. The lowest BCUT2D eigenvalue weighted by atomic mass is 9.67. The highest BCUT2D eigenvalue weighted by Gasteiger charge is 2.45. The number of fused-ring (bicyclic) bond motifs is 2. The Labute approximate surface area is 251 Å². The Kier molecular flexibility index (Phi) is 8.33. The molecule has 11 nitrogen and oxygen atoms in total. The van der Waals surface area contributed by atoms with E-state index in [1.807, 2.05) is 45.0 Å². The topological polar surface area (TPSA) is 184 Å². The lowest BCUT2D eigenvalue weighted by Crippen LogP contribution is -2.45. The van der Waals surface area contributed by atoms with Gasteiger partial charge in [0.2, 0.25) is 17.7 Å². The van der Waals surface area contributed by atoms with Crippen LogP contribution in [0.4, 0.5) is 0 Å². The number of nitrogens with two attached hydrogens (primary N) is 2. The Hall–Kier alpha value is -4.56. The maximum absolute atomic E-state index is 13.1. The van der Waals surface area contributed by atoms with Crippen LogP contribution in [0, 0.1) is 11.3 Å². The fourth-order valence-electron chi connectivity index (χ4n) is 6.55. The van der Waals surface area contributed by atoms with Gasteiger partial charge in [0.15, 0.2) is 0 Å². The standard InChI is InChI=1S/C32H38N8O3/c1-18(2)30-37-31(39-38-30)32(15-19(3)36-17-27(41)40-12-4-5-24(40)16-33)25-10-8-22(28(34)42)13-20(25)6-7-21-14-23(29(35)43)9-11-26(21)32/h8-11,13-14,18-19,24,36H,4-7,12,15,17H2,1-3H3,(H2,34,42)(H2,35,43)(H,37,38,39)/t19-,24+/m1/s1. The lowest BCUT2D eigenvalue weighted by Gasteiger charge is -2.37. The minimum absolute atomic E-state index is 0.0873. The number of aromatic nitrogens is 3. The van der Waals surface area contributed by atoms with Crippen LogP contribution < -0.4 is 16.8 Å². The zero-order valence-corrected chi connectivity index (χ0v) is 24.8. The summed E-state index contributed by atoms with van der Waals surface area (Å²) in [7, 11) is 0. The molecule has 6 N–H and O–H groups in total. The van der Waals surface area contributed by atoms with Gasteiger partial charge in [0.05, 0.1) is 18.0 Å². The van der Waals surface area contributed by atoms with Gasteiger partial charge >= 0.3 is 0 Å². The zero-order valence-electron chi connectivity index (χ0n) is 24.8. The highest BCUT2D eigenvalue weighted by molar-refractivity contribution is 5.94. The number of primary amides is 2. The largest absolute Gasteiger partial charge is 0.366 e. The van der Waals surface area contributed by atoms with Crippen molar-refractivity contribution in [3.05, 3.63) is 81.4 Å². The molecule has 3 aromatic rings. The third-order valence-corrected chi connectivity index (χ3v) is 8.75. The summed E-state index contributed by atoms with van der Waals surface area (Å²) in [6.07, 6.45) is 3.19. The van der Waals surface area contributed by atoms with Crippen LogP contribution >= 0.6 is 0 Å². The predicted octanol–water partition coefficient (Wildman–Crippen LogP) is 2.44. The van der Waals surface area contributed by atoms with E-state index in [1.165, 1.54) is 0 Å². The molecule has 1 aromatic heterocycles. The number of H-pyrrole nitrogens is 1. The first-order valence-electron chi connectivity index (χ1n) is 14.8. The molecular formula is C32H38N8O3. The number of likely N-dealkylation sites (tertiary alicyclic amines) is 1. The molecular weight excluding hydrogens is 544 g/mol. The average Bonchev–Trinajstić information content (AvgIpc) is 3.66. The van der Waals surface area contributed by atoms with Crippen molar-refractivity contribution >= 4 is 17.7 Å². The molecule has 2 aliphatic rings. The van der Waals surface area contributed by atoms with Crippen molar-refractivity contribution in [3.8, 4) is 6.07 Å². The highest BCUT2D eigenvalue weighted by Crippen LogP contribution is 2.47. The van der Waals surface area contributed by atoms with Gasteiger partial charge in [0.25, 0.3) is 0 Å². The molecule has 0 unspecified atom stereocenters. The number of rotatable bonds is 9. The quantitative estimate of drug-likeness (QED) is 0.298. The van der Waals surface area contributed by atoms with Crippen molar-refractivity contribution in [2.24, 2.45) is 11.5 Å². The summed E-state index contributed by atoms with van der Waals surface area (Å²) in [6, 6.07) is 12.6. The summed E-state index contributed by atoms with van der Waals surface area (Å²) in [6.45, 7) is 6.75. The fourth-order valence-corrected chi connectivity index (χ4v) is 6.55. The molecule has 43 heavy (non-hydrogen) atoms. The van der Waals surface area contributed by atoms with Crippen LogP contribution in [-0.2, 0) is 23.1 Å². The summed E-state index contributed by atoms with van der Waals surface area (Å²) in [4.78, 5) is 42.6. The zero-order chi connectivity index (χ0) is 30.9. The van der Waals surface area contributed by atoms with Gasteiger partial charge < -0.3 is 26.7 Å². The van der Waals surface area contributed by atoms with Crippen LogP contribution in [0.2, 0.25) is 0 Å². The van der Waals surface area contributed by atoms with Crippen molar-refractivity contribution in [2.45, 2.75) is 76.3 Å². The molecule has 0 spiro atoms. The van der Waals surface area contributed by atoms with Gasteiger partial charge in [-0.15, -0.1) is 10.2 Å². The van der Waals surface area contributed by atoms with E-state index in [2.05, 4.69) is 21.5 Å². The van der Waals surface area contributed by atoms with Gasteiger partial charge in [-0.1, -0.05) is 26.0 Å². The molecule has 0 saturated carbocycles. The van der Waals surface area contributed by atoms with Crippen molar-refractivity contribution in [3.63, 3.8) is 0 Å². The van der Waals surface area contributed by atoms with Crippen molar-refractivity contribution in [1.82, 2.24) is 25.4 Å². The van der Waals surface area contributed by atoms with E-state index in [9.17, 15) is 19.6 Å². The van der Waals surface area contributed by atoms with Crippen molar-refractivity contribution in [1.29, 1.82) is 5.26 Å². The minimum atomic E-state index is -0.883. The van der Waals surface area contributed by atoms with Gasteiger partial charge in [0, 0.05) is 29.6 Å². The van der Waals surface area contributed by atoms with Crippen molar-refractivity contribution < 1.29 is 14.4 Å². The molecule has 11 heteroatoms. The van der Waals surface area contributed by atoms with E-state index in [0.29, 0.717) is 49.2 Å². The van der Waals surface area contributed by atoms with Gasteiger partial charge in [-0.05, 0) is 85.5 Å². The number of carbonyl (C=O) groups excluding carboxylic acids is 3. The first kappa shape index (κ1) is 29.9. The van der Waals surface area contributed by atoms with Gasteiger partial charge in [-0.3, -0.25) is 14.4 Å². The Balaban J connectivity index is 1.64. The number of aromatic amines is 1. The Morgan fingerprint density at radius 3 is 2.16 bits per heavy atom. The van der Waals surface area contributed by atoms with E-state index in [1.54, 1.807) is 17.0 Å². The monoisotopic (exact) mass is 582 g/mol. The van der Waals surface area contributed by atoms with Gasteiger partial charge in [-0.2, -0.15) is 5.26 Å². The third-order valence-electron chi connectivity index (χ3n) is 8.75. The molecule has 2 atom stereocenters. The van der Waals surface area contributed by atoms with E-state index in [0.717, 1.165) is 34.5 Å². The number of benzene rings is 2. The van der Waals surface area contributed by atoms with Crippen LogP contribution in [0.15, 0.2) is 36.4 Å². The molecule has 1 aliphatic heterocycles. The van der Waals surface area contributed by atoms with Gasteiger partial charge in [-0.25, -0.2) is 0 Å². The van der Waals surface area contributed by atoms with Crippen LogP contribution in [-0.4, -0.2) is 63.0 Å². The van der Waals surface area contributed by atoms with Crippen LogP contribution in [0.25, 0.3) is 0 Å². The lowest BCUT2D eigenvalue weighted by molar-refractivity contribution is -0.130. The number of nitrogens with one attached hydrogen (secondary N) is 2. The van der Waals surface area contributed by atoms with E-state index >= 15 is 0 Å². The third kappa shape index (κ3) is 5.62. The summed E-state index contributed by atoms with van der Waals surface area (Å²) in [5, 5.41) is 22.0. The Bertz CT molecular complexity index is 1540. The van der Waals surface area contributed by atoms with Crippen LogP contribution in [0.3, 0.4) is 0 Å². The molecule has 3 amide bonds. The second kappa shape index (κ2) is 12.0. The van der Waals surface area contributed by atoms with E-state index < -0.39 is 17.2 Å². The Morgan fingerprint density at radius 2 is 1.65 bits per heavy atom. The first-order chi connectivity index (χ1) is 20.5. The normalized spacial score (nSPS) is 17.9. The SMILES string of the molecule is CC(C)c1nnc(C2(C[C@@H](C)NCC(=O)N3CCC[C@H]3C#N)c3ccc(C(N)=O)cc3CCc3cc(C(N)=O)ccc32)[nH]1. The maximum Gasteiger partial charge on any atom is 0.248 e. The fraction of sp³-hybridized carbons (Fsp3) is 0.438. The number of nitrogens with zero attached hydrogens (tertiary/aromatic N) is 4. The maximum atomic E-state index is 13.1. The first-order valence-corrected chi connectivity index (χ1v) is 14.8.